The van der Waals surface area contributed by atoms with Gasteiger partial charge in [-0.1, -0.05) is 72.3 Å². The Labute approximate surface area is 275 Å². The van der Waals surface area contributed by atoms with E-state index in [1.165, 1.54) is 11.1 Å². The number of benzene rings is 3. The molecule has 1 aliphatic rings. The number of ether oxygens (including phenoxy) is 1. The first-order valence-electron chi connectivity index (χ1n) is 15.8. The van der Waals surface area contributed by atoms with E-state index in [0.717, 1.165) is 61.4 Å². The van der Waals surface area contributed by atoms with Crippen LogP contribution in [0.4, 0.5) is 0 Å². The fourth-order valence-corrected chi connectivity index (χ4v) is 6.61. The summed E-state index contributed by atoms with van der Waals surface area (Å²) in [7, 11) is 1.61. The lowest BCUT2D eigenvalue weighted by Gasteiger charge is -2.33. The van der Waals surface area contributed by atoms with Crippen LogP contribution < -0.4 is 10.1 Å². The summed E-state index contributed by atoms with van der Waals surface area (Å²) in [4.78, 5) is 16.4. The molecule has 3 aromatic carbocycles. The van der Waals surface area contributed by atoms with Crippen LogP contribution in [0.2, 0.25) is 5.15 Å². The highest BCUT2D eigenvalue weighted by Gasteiger charge is 2.26. The Morgan fingerprint density at radius 1 is 0.935 bits per heavy atom. The van der Waals surface area contributed by atoms with E-state index in [1.807, 2.05) is 32.0 Å². The minimum absolute atomic E-state index is 0.0936. The van der Waals surface area contributed by atoms with Gasteiger partial charge < -0.3 is 15.0 Å². The predicted molar refractivity (Wildman–Crippen MR) is 182 cm³/mol. The normalized spacial score (nSPS) is 14.0. The number of likely N-dealkylation sites (tertiary alicyclic amines) is 1. The van der Waals surface area contributed by atoms with E-state index in [4.69, 9.17) is 21.4 Å². The number of aryl methyl sites for hydroxylation is 1. The summed E-state index contributed by atoms with van der Waals surface area (Å²) in [6.07, 6.45) is 2.85. The van der Waals surface area contributed by atoms with Gasteiger partial charge in [0.15, 0.2) is 11.0 Å². The maximum absolute atomic E-state index is 13.9. The molecule has 236 valence electrons. The number of piperidine rings is 1. The average molecular weight is 635 g/mol. The summed E-state index contributed by atoms with van der Waals surface area (Å²) in [6.45, 7) is 6.80. The van der Waals surface area contributed by atoms with Crippen LogP contribution in [0.3, 0.4) is 0 Å². The molecule has 46 heavy (non-hydrogen) atoms. The third-order valence-electron chi connectivity index (χ3n) is 8.93. The fraction of sp³-hybridized carbons (Fsp3) is 0.297. The summed E-state index contributed by atoms with van der Waals surface area (Å²) < 4.78 is 7.25. The highest BCUT2D eigenvalue weighted by molar-refractivity contribution is 6.29. The van der Waals surface area contributed by atoms with Gasteiger partial charge in [0.1, 0.15) is 5.75 Å². The molecule has 2 aromatic heterocycles. The second kappa shape index (κ2) is 14.3. The van der Waals surface area contributed by atoms with Crippen LogP contribution in [-0.2, 0) is 0 Å². The van der Waals surface area contributed by atoms with Gasteiger partial charge in [0, 0.05) is 30.6 Å². The minimum atomic E-state index is -0.113. The van der Waals surface area contributed by atoms with Crippen LogP contribution in [0.1, 0.15) is 58.1 Å². The van der Waals surface area contributed by atoms with Crippen molar-refractivity contribution in [3.05, 3.63) is 124 Å². The van der Waals surface area contributed by atoms with Crippen LogP contribution >= 0.6 is 11.6 Å². The minimum Gasteiger partial charge on any atom is -0.497 e. The largest absolute Gasteiger partial charge is 0.497 e. The van der Waals surface area contributed by atoms with E-state index >= 15 is 0 Å². The summed E-state index contributed by atoms with van der Waals surface area (Å²) in [6, 6.07) is 30.7. The summed E-state index contributed by atoms with van der Waals surface area (Å²) in [5.74, 6) is 1.43. The number of nitrogens with zero attached hydrogens (tertiary/aromatic N) is 5. The Balaban J connectivity index is 1.14. The first-order valence-corrected chi connectivity index (χ1v) is 16.2. The van der Waals surface area contributed by atoms with Gasteiger partial charge in [-0.2, -0.15) is 5.10 Å². The van der Waals surface area contributed by atoms with Crippen LogP contribution in [0.15, 0.2) is 91.0 Å². The van der Waals surface area contributed by atoms with Crippen molar-refractivity contribution >= 4 is 17.5 Å². The Kier molecular flexibility index (Phi) is 9.76. The van der Waals surface area contributed by atoms with Crippen molar-refractivity contribution in [3.63, 3.8) is 0 Å². The third kappa shape index (κ3) is 6.98. The number of carbonyl (C=O) groups excluding carboxylic acids is 1. The van der Waals surface area contributed by atoms with Gasteiger partial charge in [0.2, 0.25) is 0 Å². The maximum atomic E-state index is 13.9. The summed E-state index contributed by atoms with van der Waals surface area (Å²) in [5.41, 5.74) is 6.57. The van der Waals surface area contributed by atoms with E-state index < -0.39 is 0 Å². The van der Waals surface area contributed by atoms with Crippen molar-refractivity contribution in [3.8, 4) is 22.7 Å². The molecule has 3 heterocycles. The van der Waals surface area contributed by atoms with Crippen LogP contribution in [0, 0.1) is 13.8 Å². The van der Waals surface area contributed by atoms with Gasteiger partial charge in [-0.25, -0.2) is 4.68 Å². The topological polar surface area (TPSA) is 85.2 Å². The third-order valence-corrected chi connectivity index (χ3v) is 9.13. The van der Waals surface area contributed by atoms with Gasteiger partial charge in [-0.05, 0) is 86.7 Å². The zero-order valence-corrected chi connectivity index (χ0v) is 27.2. The highest BCUT2D eigenvalue weighted by atomic mass is 35.5. The quantitative estimate of drug-likeness (QED) is 0.178. The SMILES string of the molecule is COc1ccc(-c2c(C)nn(-c3ccc(Cl)nn3)c2C)c(C(=O)NC2CCN(CCC(c3ccccc3)c3ccccc3)CC2)c1. The number of hydrogen-bond acceptors (Lipinski definition) is 6. The Bertz CT molecular complexity index is 1730. The average Bonchev–Trinajstić information content (AvgIpc) is 3.39. The number of nitrogens with one attached hydrogen (secondary N) is 1. The molecule has 0 atom stereocenters. The van der Waals surface area contributed by atoms with Crippen LogP contribution in [-0.4, -0.2) is 63.6 Å². The van der Waals surface area contributed by atoms with E-state index in [0.29, 0.717) is 28.2 Å². The molecular weight excluding hydrogens is 596 g/mol. The van der Waals surface area contributed by atoms with Gasteiger partial charge in [-0.3, -0.25) is 4.79 Å². The molecule has 1 amide bonds. The molecule has 0 radical (unpaired) electrons. The molecule has 1 N–H and O–H groups in total. The van der Waals surface area contributed by atoms with Crippen molar-refractivity contribution < 1.29 is 9.53 Å². The first kappa shape index (κ1) is 31.5. The van der Waals surface area contributed by atoms with Crippen molar-refractivity contribution in [2.75, 3.05) is 26.7 Å². The maximum Gasteiger partial charge on any atom is 0.252 e. The molecule has 0 aliphatic carbocycles. The van der Waals surface area contributed by atoms with E-state index in [1.54, 1.807) is 23.9 Å². The Morgan fingerprint density at radius 2 is 1.61 bits per heavy atom. The second-order valence-corrected chi connectivity index (χ2v) is 12.2. The lowest BCUT2D eigenvalue weighted by molar-refractivity contribution is 0.0911. The summed E-state index contributed by atoms with van der Waals surface area (Å²) >= 11 is 5.96. The molecule has 1 aliphatic heterocycles. The van der Waals surface area contributed by atoms with Gasteiger partial charge >= 0.3 is 0 Å². The molecule has 8 nitrogen and oxygen atoms in total. The lowest BCUT2D eigenvalue weighted by Crippen LogP contribution is -2.45. The first-order chi connectivity index (χ1) is 22.4. The van der Waals surface area contributed by atoms with Crippen molar-refractivity contribution in [2.45, 2.75) is 45.1 Å². The van der Waals surface area contributed by atoms with Crippen molar-refractivity contribution in [1.82, 2.24) is 30.2 Å². The molecular formula is C37H39ClN6O2. The molecule has 0 unspecified atom stereocenters. The smallest absolute Gasteiger partial charge is 0.252 e. The molecule has 0 saturated carbocycles. The monoisotopic (exact) mass is 634 g/mol. The second-order valence-electron chi connectivity index (χ2n) is 11.8. The molecule has 6 rings (SSSR count). The van der Waals surface area contributed by atoms with Crippen LogP contribution in [0.25, 0.3) is 16.9 Å². The molecule has 0 spiro atoms. The Morgan fingerprint density at radius 3 is 2.22 bits per heavy atom. The highest BCUT2D eigenvalue weighted by Crippen LogP contribution is 2.34. The standard InChI is InChI=1S/C37H39ClN6O2/c1-25-36(26(2)44(42-25)35-17-16-34(38)40-41-35)32-15-14-30(46-3)24-33(32)37(45)39-29-18-21-43(22-19-29)23-20-31(27-10-6-4-7-11-27)28-12-8-5-9-13-28/h4-17,24,29,31H,18-23H2,1-3H3,(H,39,45). The van der Waals surface area contributed by atoms with Crippen molar-refractivity contribution in [2.24, 2.45) is 0 Å². The van der Waals surface area contributed by atoms with Gasteiger partial charge in [0.05, 0.1) is 24.1 Å². The lowest BCUT2D eigenvalue weighted by atomic mass is 9.88. The van der Waals surface area contributed by atoms with E-state index in [9.17, 15) is 4.79 Å². The predicted octanol–water partition coefficient (Wildman–Crippen LogP) is 7.02. The molecule has 1 saturated heterocycles. The van der Waals surface area contributed by atoms with Crippen LogP contribution in [0.5, 0.6) is 5.75 Å². The number of hydrogen-bond donors (Lipinski definition) is 1. The number of carbonyl (C=O) groups is 1. The zero-order chi connectivity index (χ0) is 32.0. The fourth-order valence-electron chi connectivity index (χ4n) is 6.51. The zero-order valence-electron chi connectivity index (χ0n) is 26.5. The van der Waals surface area contributed by atoms with Crippen molar-refractivity contribution in [1.29, 1.82) is 0 Å². The number of rotatable bonds is 10. The van der Waals surface area contributed by atoms with E-state index in [2.05, 4.69) is 81.1 Å². The number of methoxy groups -OCH3 is 1. The molecule has 9 heteroatoms. The number of aromatic nitrogens is 4. The van der Waals surface area contributed by atoms with Gasteiger partial charge in [0.25, 0.3) is 5.91 Å². The molecule has 1 fully saturated rings. The number of halogens is 1. The van der Waals surface area contributed by atoms with Gasteiger partial charge in [-0.15, -0.1) is 10.2 Å². The summed E-state index contributed by atoms with van der Waals surface area (Å²) in [5, 5.41) is 16.5. The number of amides is 1. The molecule has 5 aromatic rings. The van der Waals surface area contributed by atoms with E-state index in [-0.39, 0.29) is 11.9 Å². The Hall–Kier alpha value is -4.53. The molecule has 0 bridgehead atoms.